The summed E-state index contributed by atoms with van der Waals surface area (Å²) in [4.78, 5) is 31.9. The average molecular weight is 420 g/mol. The molecule has 0 radical (unpaired) electrons. The number of para-hydroxylation sites is 2. The SMILES string of the molecule is Cc1ccccc1N1CCN(C(C)CCCN2C(=O)CCC(=O)c3ccccc32)CC1. The van der Waals surface area contributed by atoms with Crippen molar-refractivity contribution >= 4 is 23.1 Å². The quantitative estimate of drug-likeness (QED) is 0.700. The highest BCUT2D eigenvalue weighted by molar-refractivity contribution is 6.10. The van der Waals surface area contributed by atoms with Crippen LogP contribution in [-0.4, -0.2) is 55.4 Å². The largest absolute Gasteiger partial charge is 0.369 e. The van der Waals surface area contributed by atoms with Gasteiger partial charge in [0, 0.05) is 62.9 Å². The topological polar surface area (TPSA) is 43.9 Å². The number of amides is 1. The van der Waals surface area contributed by atoms with Gasteiger partial charge in [-0.05, 0) is 50.5 Å². The summed E-state index contributed by atoms with van der Waals surface area (Å²) in [6, 6.07) is 16.6. The van der Waals surface area contributed by atoms with Gasteiger partial charge in [-0.25, -0.2) is 0 Å². The predicted molar refractivity (Wildman–Crippen MR) is 126 cm³/mol. The Labute approximate surface area is 185 Å². The fourth-order valence-electron chi connectivity index (χ4n) is 4.86. The van der Waals surface area contributed by atoms with E-state index in [0.29, 0.717) is 31.0 Å². The molecule has 5 nitrogen and oxygen atoms in total. The van der Waals surface area contributed by atoms with E-state index in [1.807, 2.05) is 29.2 Å². The van der Waals surface area contributed by atoms with Crippen molar-refractivity contribution in [3.63, 3.8) is 0 Å². The fourth-order valence-corrected chi connectivity index (χ4v) is 4.86. The van der Waals surface area contributed by atoms with Crippen LogP contribution in [0.15, 0.2) is 48.5 Å². The summed E-state index contributed by atoms with van der Waals surface area (Å²) < 4.78 is 0. The number of fused-ring (bicyclic) bond motifs is 1. The Kier molecular flexibility index (Phi) is 6.71. The number of piperazine rings is 1. The molecule has 2 aliphatic heterocycles. The van der Waals surface area contributed by atoms with Gasteiger partial charge < -0.3 is 9.80 Å². The maximum atomic E-state index is 12.7. The van der Waals surface area contributed by atoms with Crippen molar-refractivity contribution in [1.29, 1.82) is 0 Å². The average Bonchev–Trinajstić information content (AvgIpc) is 2.91. The number of nitrogens with zero attached hydrogens (tertiary/aromatic N) is 3. The Morgan fingerprint density at radius 3 is 2.29 bits per heavy atom. The van der Waals surface area contributed by atoms with Crippen LogP contribution in [0.3, 0.4) is 0 Å². The molecule has 0 aliphatic carbocycles. The van der Waals surface area contributed by atoms with Crippen LogP contribution in [0.1, 0.15) is 48.5 Å². The van der Waals surface area contributed by atoms with E-state index < -0.39 is 0 Å². The second-order valence-electron chi connectivity index (χ2n) is 8.79. The minimum absolute atomic E-state index is 0.0674. The number of benzene rings is 2. The summed E-state index contributed by atoms with van der Waals surface area (Å²) >= 11 is 0. The minimum Gasteiger partial charge on any atom is -0.369 e. The zero-order valence-electron chi connectivity index (χ0n) is 18.7. The van der Waals surface area contributed by atoms with Gasteiger partial charge in [0.2, 0.25) is 5.91 Å². The van der Waals surface area contributed by atoms with Gasteiger partial charge in [-0.2, -0.15) is 0 Å². The molecular formula is C26H33N3O2. The first-order valence-corrected chi connectivity index (χ1v) is 11.5. The summed E-state index contributed by atoms with van der Waals surface area (Å²) in [5.74, 6) is 0.143. The number of aryl methyl sites for hydroxylation is 1. The standard InChI is InChI=1S/C26H33N3O2/c1-20-8-3-5-11-23(20)28-18-16-27(17-19-28)21(2)9-7-15-29-24-12-6-4-10-22(24)25(30)13-14-26(29)31/h3-6,8,10-12,21H,7,9,13-19H2,1-2H3. The molecule has 0 saturated carbocycles. The van der Waals surface area contributed by atoms with Crippen LogP contribution in [-0.2, 0) is 4.79 Å². The van der Waals surface area contributed by atoms with Gasteiger partial charge in [0.05, 0.1) is 5.69 Å². The molecule has 0 spiro atoms. The van der Waals surface area contributed by atoms with E-state index in [9.17, 15) is 9.59 Å². The van der Waals surface area contributed by atoms with E-state index in [0.717, 1.165) is 44.7 Å². The van der Waals surface area contributed by atoms with Crippen LogP contribution in [0.5, 0.6) is 0 Å². The van der Waals surface area contributed by atoms with Gasteiger partial charge in [0.15, 0.2) is 5.78 Å². The second-order valence-corrected chi connectivity index (χ2v) is 8.79. The smallest absolute Gasteiger partial charge is 0.227 e. The van der Waals surface area contributed by atoms with Crippen molar-refractivity contribution in [2.24, 2.45) is 0 Å². The highest BCUT2D eigenvalue weighted by Crippen LogP contribution is 2.27. The zero-order valence-corrected chi connectivity index (χ0v) is 18.7. The molecule has 1 unspecified atom stereocenters. The van der Waals surface area contributed by atoms with E-state index >= 15 is 0 Å². The molecule has 2 aromatic carbocycles. The molecule has 0 aromatic heterocycles. The van der Waals surface area contributed by atoms with Crippen molar-refractivity contribution in [2.45, 2.75) is 45.6 Å². The Bertz CT molecular complexity index is 934. The van der Waals surface area contributed by atoms with Crippen LogP contribution in [0.4, 0.5) is 11.4 Å². The van der Waals surface area contributed by atoms with Gasteiger partial charge in [0.1, 0.15) is 0 Å². The molecule has 5 heteroatoms. The monoisotopic (exact) mass is 419 g/mol. The third-order valence-electron chi connectivity index (χ3n) is 6.76. The number of carbonyl (C=O) groups excluding carboxylic acids is 2. The maximum absolute atomic E-state index is 12.7. The summed E-state index contributed by atoms with van der Waals surface area (Å²) in [6.07, 6.45) is 2.61. The van der Waals surface area contributed by atoms with Crippen molar-refractivity contribution in [2.75, 3.05) is 42.5 Å². The van der Waals surface area contributed by atoms with Crippen LogP contribution in [0.2, 0.25) is 0 Å². The number of anilines is 2. The van der Waals surface area contributed by atoms with Crippen molar-refractivity contribution < 1.29 is 9.59 Å². The molecular weight excluding hydrogens is 386 g/mol. The van der Waals surface area contributed by atoms with Crippen LogP contribution in [0.25, 0.3) is 0 Å². The number of carbonyl (C=O) groups is 2. The summed E-state index contributed by atoms with van der Waals surface area (Å²) in [7, 11) is 0. The molecule has 1 atom stereocenters. The molecule has 0 N–H and O–H groups in total. The third-order valence-corrected chi connectivity index (χ3v) is 6.76. The van der Waals surface area contributed by atoms with E-state index in [-0.39, 0.29) is 11.7 Å². The van der Waals surface area contributed by atoms with Gasteiger partial charge in [-0.15, -0.1) is 0 Å². The van der Waals surface area contributed by atoms with Crippen molar-refractivity contribution in [3.8, 4) is 0 Å². The molecule has 1 amide bonds. The van der Waals surface area contributed by atoms with Gasteiger partial charge in [-0.3, -0.25) is 14.5 Å². The van der Waals surface area contributed by atoms with Gasteiger partial charge >= 0.3 is 0 Å². The first-order valence-electron chi connectivity index (χ1n) is 11.5. The first kappa shape index (κ1) is 21.6. The Hall–Kier alpha value is -2.66. The Balaban J connectivity index is 1.30. The number of rotatable bonds is 6. The lowest BCUT2D eigenvalue weighted by atomic mass is 10.1. The molecule has 1 saturated heterocycles. The number of hydrogen-bond donors (Lipinski definition) is 0. The predicted octanol–water partition coefficient (Wildman–Crippen LogP) is 4.30. The molecule has 2 heterocycles. The molecule has 2 aliphatic rings. The third kappa shape index (κ3) is 4.82. The number of ketones is 1. The second kappa shape index (κ2) is 9.65. The first-order chi connectivity index (χ1) is 15.0. The van der Waals surface area contributed by atoms with Gasteiger partial charge in [-0.1, -0.05) is 30.3 Å². The summed E-state index contributed by atoms with van der Waals surface area (Å²) in [5.41, 5.74) is 4.16. The molecule has 0 bridgehead atoms. The van der Waals surface area contributed by atoms with E-state index in [2.05, 4.69) is 47.9 Å². The summed E-state index contributed by atoms with van der Waals surface area (Å²) in [6.45, 7) is 9.39. The number of Topliss-reactive ketones (excluding diaryl/α,β-unsaturated/α-hetero) is 1. The lowest BCUT2D eigenvalue weighted by molar-refractivity contribution is -0.118. The molecule has 4 rings (SSSR count). The van der Waals surface area contributed by atoms with Crippen LogP contribution < -0.4 is 9.80 Å². The van der Waals surface area contributed by atoms with Crippen LogP contribution in [0, 0.1) is 6.92 Å². The van der Waals surface area contributed by atoms with E-state index in [1.54, 1.807) is 0 Å². The summed E-state index contributed by atoms with van der Waals surface area (Å²) in [5, 5.41) is 0. The highest BCUT2D eigenvalue weighted by atomic mass is 16.2. The lowest BCUT2D eigenvalue weighted by Gasteiger charge is -2.39. The maximum Gasteiger partial charge on any atom is 0.227 e. The number of hydrogen-bond acceptors (Lipinski definition) is 4. The molecule has 2 aromatic rings. The minimum atomic E-state index is 0.0674. The molecule has 164 valence electrons. The van der Waals surface area contributed by atoms with Crippen molar-refractivity contribution in [3.05, 3.63) is 59.7 Å². The van der Waals surface area contributed by atoms with Crippen molar-refractivity contribution in [1.82, 2.24) is 4.90 Å². The van der Waals surface area contributed by atoms with Gasteiger partial charge in [0.25, 0.3) is 0 Å². The van der Waals surface area contributed by atoms with E-state index in [1.165, 1.54) is 11.3 Å². The normalized spacial score (nSPS) is 18.6. The zero-order chi connectivity index (χ0) is 21.8. The fraction of sp³-hybridized carbons (Fsp3) is 0.462. The molecule has 1 fully saturated rings. The Morgan fingerprint density at radius 2 is 1.55 bits per heavy atom. The van der Waals surface area contributed by atoms with E-state index in [4.69, 9.17) is 0 Å². The lowest BCUT2D eigenvalue weighted by Crippen LogP contribution is -2.50. The van der Waals surface area contributed by atoms with Crippen LogP contribution >= 0.6 is 0 Å². The highest BCUT2D eigenvalue weighted by Gasteiger charge is 2.27. The molecule has 31 heavy (non-hydrogen) atoms. The Morgan fingerprint density at radius 1 is 0.871 bits per heavy atom.